The Balaban J connectivity index is 1.91. The van der Waals surface area contributed by atoms with Crippen molar-refractivity contribution in [2.45, 2.75) is 53.2 Å². The number of hydrogen-bond donors (Lipinski definition) is 2. The van der Waals surface area contributed by atoms with E-state index in [0.29, 0.717) is 39.7 Å². The molecule has 0 fully saturated rings. The van der Waals surface area contributed by atoms with Gasteiger partial charge in [-0.05, 0) is 33.3 Å². The monoisotopic (exact) mass is 500 g/mol. The first-order chi connectivity index (χ1) is 16.5. The van der Waals surface area contributed by atoms with Crippen LogP contribution in [0.3, 0.4) is 0 Å². The van der Waals surface area contributed by atoms with Gasteiger partial charge in [-0.3, -0.25) is 14.2 Å². The summed E-state index contributed by atoms with van der Waals surface area (Å²) in [6, 6.07) is 1.61. The second kappa shape index (κ2) is 10.6. The lowest BCUT2D eigenvalue weighted by molar-refractivity contribution is 0.0533. The highest BCUT2D eigenvalue weighted by molar-refractivity contribution is 7.16. The largest absolute Gasteiger partial charge is 0.444 e. The fourth-order valence-electron chi connectivity index (χ4n) is 3.08. The molecule has 0 spiro atoms. The third-order valence-corrected chi connectivity index (χ3v) is 5.57. The second-order valence-corrected chi connectivity index (χ2v) is 9.55. The van der Waals surface area contributed by atoms with E-state index < -0.39 is 23.5 Å². The van der Waals surface area contributed by atoms with Crippen LogP contribution < -0.4 is 15.9 Å². The molecule has 186 valence electrons. The Kier molecular flexibility index (Phi) is 7.85. The summed E-state index contributed by atoms with van der Waals surface area (Å²) in [6.45, 7) is 9.45. The van der Waals surface area contributed by atoms with Crippen molar-refractivity contribution in [2.24, 2.45) is 10.7 Å². The minimum absolute atomic E-state index is 0.0943. The number of carbonyl (C=O) groups excluding carboxylic acids is 3. The summed E-state index contributed by atoms with van der Waals surface area (Å²) in [5, 5.41) is 2.64. The number of alkyl carbamates (subject to hydrolysis) is 1. The molecule has 0 aliphatic heterocycles. The summed E-state index contributed by atoms with van der Waals surface area (Å²) in [4.78, 5) is 49.5. The second-order valence-electron chi connectivity index (χ2n) is 8.54. The van der Waals surface area contributed by atoms with Crippen molar-refractivity contribution >= 4 is 39.6 Å². The average molecular weight is 501 g/mol. The molecule has 0 aliphatic rings. The van der Waals surface area contributed by atoms with E-state index in [9.17, 15) is 14.4 Å². The molecule has 0 bridgehead atoms. The van der Waals surface area contributed by atoms with Crippen molar-refractivity contribution in [3.8, 4) is 0 Å². The average Bonchev–Trinajstić information content (AvgIpc) is 3.31. The fraction of sp³-hybridized carbons (Fsp3) is 0.391. The first kappa shape index (κ1) is 25.8. The predicted octanol–water partition coefficient (Wildman–Crippen LogP) is 2.88. The number of aryl methyl sites for hydroxylation is 2. The number of carbonyl (C=O) groups is 3. The first-order valence-electron chi connectivity index (χ1n) is 10.9. The third kappa shape index (κ3) is 6.63. The minimum atomic E-state index is -0.605. The van der Waals surface area contributed by atoms with Crippen LogP contribution in [0.1, 0.15) is 60.2 Å². The van der Waals surface area contributed by atoms with Crippen LogP contribution in [0, 0.1) is 6.92 Å². The number of fused-ring (bicyclic) bond motifs is 1. The molecule has 3 heterocycles. The smallest absolute Gasteiger partial charge is 0.407 e. The highest BCUT2D eigenvalue weighted by Gasteiger charge is 2.19. The Hall–Kier alpha value is -3.80. The molecule has 0 atom stereocenters. The Morgan fingerprint density at radius 1 is 1.31 bits per heavy atom. The van der Waals surface area contributed by atoms with Crippen LogP contribution in [-0.2, 0) is 17.7 Å². The Morgan fingerprint density at radius 3 is 2.71 bits per heavy atom. The van der Waals surface area contributed by atoms with E-state index >= 15 is 0 Å². The summed E-state index contributed by atoms with van der Waals surface area (Å²) in [5.41, 5.74) is 6.11. The molecular weight excluding hydrogens is 472 g/mol. The van der Waals surface area contributed by atoms with E-state index in [0.717, 1.165) is 0 Å². The van der Waals surface area contributed by atoms with Gasteiger partial charge in [0, 0.05) is 26.2 Å². The predicted molar refractivity (Wildman–Crippen MR) is 130 cm³/mol. The number of aromatic nitrogens is 3. The molecular formula is C23H28N6O5S. The van der Waals surface area contributed by atoms with Gasteiger partial charge in [0.2, 0.25) is 11.7 Å². The van der Waals surface area contributed by atoms with Gasteiger partial charge in [0.25, 0.3) is 0 Å². The molecule has 0 aromatic carbocycles. The van der Waals surface area contributed by atoms with Gasteiger partial charge in [0.05, 0.1) is 16.0 Å². The highest BCUT2D eigenvalue weighted by atomic mass is 32.1. The number of oxazole rings is 1. The normalized spacial score (nSPS) is 12.4. The highest BCUT2D eigenvalue weighted by Crippen LogP contribution is 2.18. The van der Waals surface area contributed by atoms with E-state index in [2.05, 4.69) is 20.3 Å². The third-order valence-electron chi connectivity index (χ3n) is 4.55. The number of rotatable bonds is 7. The zero-order valence-electron chi connectivity index (χ0n) is 20.2. The molecule has 35 heavy (non-hydrogen) atoms. The molecule has 3 aromatic heterocycles. The molecule has 0 saturated carbocycles. The van der Waals surface area contributed by atoms with Crippen molar-refractivity contribution in [1.82, 2.24) is 19.9 Å². The Morgan fingerprint density at radius 2 is 2.06 bits per heavy atom. The van der Waals surface area contributed by atoms with Crippen molar-refractivity contribution in [3.05, 3.63) is 52.1 Å². The number of amides is 3. The van der Waals surface area contributed by atoms with Crippen LogP contribution in [0.2, 0.25) is 0 Å². The lowest BCUT2D eigenvalue weighted by Crippen LogP contribution is -2.32. The standard InChI is InChI=1S/C23H28N6O5S/c1-6-15-17(33-13(2)27-15)20(31)28-21-29(10-8-7-9-25-22(32)34-23(3,4)5)19-16(35-21)11-14(12-26-19)18(24)30/h7-8,11-12H,6,9-10H2,1-5H3,(H2,24,30)(H,25,32)/b8-7+,28-21?. The van der Waals surface area contributed by atoms with Gasteiger partial charge in [-0.2, -0.15) is 4.99 Å². The molecule has 3 rings (SSSR count). The maximum Gasteiger partial charge on any atom is 0.407 e. The number of hydrogen-bond acceptors (Lipinski definition) is 8. The Labute approximate surface area is 205 Å². The van der Waals surface area contributed by atoms with Crippen LogP contribution >= 0.6 is 11.3 Å². The van der Waals surface area contributed by atoms with Gasteiger partial charge >= 0.3 is 12.0 Å². The van der Waals surface area contributed by atoms with Gasteiger partial charge in [-0.1, -0.05) is 30.4 Å². The van der Waals surface area contributed by atoms with Crippen molar-refractivity contribution in [1.29, 1.82) is 0 Å². The molecule has 0 radical (unpaired) electrons. The summed E-state index contributed by atoms with van der Waals surface area (Å²) in [6.07, 6.45) is 4.93. The van der Waals surface area contributed by atoms with E-state index in [1.165, 1.54) is 17.5 Å². The summed E-state index contributed by atoms with van der Waals surface area (Å²) in [7, 11) is 0. The molecule has 0 aliphatic carbocycles. The van der Waals surface area contributed by atoms with Crippen molar-refractivity contribution in [2.75, 3.05) is 6.54 Å². The Bertz CT molecular complexity index is 1360. The molecule has 3 aromatic rings. The summed E-state index contributed by atoms with van der Waals surface area (Å²) in [5.74, 6) is -0.685. The zero-order chi connectivity index (χ0) is 25.8. The van der Waals surface area contributed by atoms with E-state index in [1.54, 1.807) is 50.5 Å². The molecule has 0 unspecified atom stereocenters. The van der Waals surface area contributed by atoms with Crippen LogP contribution in [0.5, 0.6) is 0 Å². The maximum absolute atomic E-state index is 12.9. The number of allylic oxidation sites excluding steroid dienone is 1. The van der Waals surface area contributed by atoms with Crippen LogP contribution in [-0.4, -0.2) is 44.6 Å². The van der Waals surface area contributed by atoms with E-state index in [4.69, 9.17) is 14.9 Å². The van der Waals surface area contributed by atoms with Crippen LogP contribution in [0.15, 0.2) is 33.8 Å². The molecule has 3 amide bonds. The molecule has 3 N–H and O–H groups in total. The van der Waals surface area contributed by atoms with Gasteiger partial charge in [0.15, 0.2) is 16.3 Å². The molecule has 11 nitrogen and oxygen atoms in total. The number of pyridine rings is 1. The quantitative estimate of drug-likeness (QED) is 0.473. The topological polar surface area (TPSA) is 155 Å². The first-order valence-corrected chi connectivity index (χ1v) is 11.8. The summed E-state index contributed by atoms with van der Waals surface area (Å²) < 4.78 is 13.0. The van der Waals surface area contributed by atoms with Gasteiger partial charge in [0.1, 0.15) is 5.60 Å². The lowest BCUT2D eigenvalue weighted by Gasteiger charge is -2.19. The lowest BCUT2D eigenvalue weighted by atomic mass is 10.2. The number of nitrogens with two attached hydrogens (primary N) is 1. The number of nitrogens with one attached hydrogen (secondary N) is 1. The van der Waals surface area contributed by atoms with Gasteiger partial charge in [-0.25, -0.2) is 14.8 Å². The van der Waals surface area contributed by atoms with Crippen LogP contribution in [0.25, 0.3) is 10.3 Å². The number of primary amides is 1. The van der Waals surface area contributed by atoms with Gasteiger partial charge in [-0.15, -0.1) is 0 Å². The van der Waals surface area contributed by atoms with Crippen LogP contribution in [0.4, 0.5) is 4.79 Å². The minimum Gasteiger partial charge on any atom is -0.444 e. The molecule has 12 heteroatoms. The maximum atomic E-state index is 12.9. The van der Waals surface area contributed by atoms with Gasteiger partial charge < -0.3 is 20.2 Å². The fourth-order valence-corrected chi connectivity index (χ4v) is 4.11. The zero-order valence-corrected chi connectivity index (χ0v) is 21.1. The number of ether oxygens (including phenoxy) is 1. The van der Waals surface area contributed by atoms with E-state index in [1.807, 2.05) is 6.92 Å². The van der Waals surface area contributed by atoms with E-state index in [-0.39, 0.29) is 17.9 Å². The number of thiazole rings is 1. The molecule has 0 saturated heterocycles. The SMILES string of the molecule is CCc1nc(C)oc1C(=O)N=c1sc2cc(C(N)=O)cnc2n1C/C=C/CNC(=O)OC(C)(C)C. The number of nitrogens with zero attached hydrogens (tertiary/aromatic N) is 4. The van der Waals surface area contributed by atoms with Crippen molar-refractivity contribution < 1.29 is 23.5 Å². The summed E-state index contributed by atoms with van der Waals surface area (Å²) >= 11 is 1.19. The van der Waals surface area contributed by atoms with Crippen molar-refractivity contribution in [3.63, 3.8) is 0 Å².